The highest BCUT2D eigenvalue weighted by Gasteiger charge is 2.42. The van der Waals surface area contributed by atoms with E-state index in [4.69, 9.17) is 10.5 Å². The molecule has 5 rings (SSSR count). The quantitative estimate of drug-likeness (QED) is 0.495. The number of H-pyrrole nitrogens is 1. The number of methoxy groups -OCH3 is 1. The summed E-state index contributed by atoms with van der Waals surface area (Å²) in [5.74, 6) is 0.360. The molecular weight excluding hydrogens is 452 g/mol. The zero-order chi connectivity index (χ0) is 25.5. The normalized spacial score (nSPS) is 17.7. The summed E-state index contributed by atoms with van der Waals surface area (Å²) >= 11 is 0. The maximum atomic E-state index is 13.8. The predicted molar refractivity (Wildman–Crippen MR) is 141 cm³/mol. The van der Waals surface area contributed by atoms with E-state index in [9.17, 15) is 9.59 Å². The monoisotopic (exact) mass is 488 g/mol. The maximum absolute atomic E-state index is 13.8. The molecule has 1 aromatic heterocycles. The molecule has 1 atom stereocenters. The Balaban J connectivity index is 1.37. The molecule has 0 bridgehead atoms. The fraction of sp³-hybridized carbons (Fsp3) is 0.448. The van der Waals surface area contributed by atoms with Gasteiger partial charge in [-0.05, 0) is 79.8 Å². The second-order valence-corrected chi connectivity index (χ2v) is 10.9. The molecule has 4 N–H and O–H groups in total. The summed E-state index contributed by atoms with van der Waals surface area (Å²) in [7, 11) is 1.63. The third-order valence-corrected chi connectivity index (χ3v) is 8.08. The van der Waals surface area contributed by atoms with Crippen molar-refractivity contribution in [1.29, 1.82) is 0 Å². The van der Waals surface area contributed by atoms with E-state index in [0.29, 0.717) is 19.5 Å². The van der Waals surface area contributed by atoms with Crippen molar-refractivity contribution in [3.8, 4) is 5.75 Å². The van der Waals surface area contributed by atoms with Gasteiger partial charge in [0.2, 0.25) is 11.8 Å². The Morgan fingerprint density at radius 3 is 2.64 bits per heavy atom. The van der Waals surface area contributed by atoms with Gasteiger partial charge in [-0.3, -0.25) is 9.59 Å². The van der Waals surface area contributed by atoms with Gasteiger partial charge in [0.1, 0.15) is 11.8 Å². The number of benzene rings is 2. The molecule has 7 nitrogen and oxygen atoms in total. The van der Waals surface area contributed by atoms with Gasteiger partial charge in [0.05, 0.1) is 12.6 Å². The third-order valence-electron chi connectivity index (χ3n) is 8.08. The molecule has 190 valence electrons. The van der Waals surface area contributed by atoms with Crippen LogP contribution in [0.2, 0.25) is 0 Å². The van der Waals surface area contributed by atoms with Crippen molar-refractivity contribution in [3.63, 3.8) is 0 Å². The molecule has 1 fully saturated rings. The molecule has 2 aromatic carbocycles. The molecular formula is C29H36N4O3. The van der Waals surface area contributed by atoms with Crippen molar-refractivity contribution in [2.75, 3.05) is 20.2 Å². The van der Waals surface area contributed by atoms with Crippen molar-refractivity contribution >= 4 is 22.7 Å². The average Bonchev–Trinajstić information content (AvgIpc) is 3.44. The van der Waals surface area contributed by atoms with Gasteiger partial charge in [-0.15, -0.1) is 0 Å². The number of aryl methyl sites for hydroxylation is 1. The number of rotatable bonds is 6. The van der Waals surface area contributed by atoms with E-state index in [-0.39, 0.29) is 17.2 Å². The molecule has 0 saturated carbocycles. The Kier molecular flexibility index (Phi) is 6.29. The van der Waals surface area contributed by atoms with Crippen LogP contribution in [0.25, 0.3) is 10.9 Å². The number of aromatic amines is 1. The minimum atomic E-state index is -1.08. The van der Waals surface area contributed by atoms with Gasteiger partial charge in [0.15, 0.2) is 0 Å². The van der Waals surface area contributed by atoms with E-state index < -0.39 is 11.6 Å². The van der Waals surface area contributed by atoms with Gasteiger partial charge in [-0.1, -0.05) is 24.3 Å². The molecule has 2 aliphatic rings. The molecule has 1 aliphatic carbocycles. The summed E-state index contributed by atoms with van der Waals surface area (Å²) in [6, 6.07) is 13.8. The van der Waals surface area contributed by atoms with E-state index in [0.717, 1.165) is 47.9 Å². The average molecular weight is 489 g/mol. The SMILES string of the molecule is COc1ccc2[nH]cc(C[C@@H](NC(=O)C(C)(C)N)C(=O)N3CCC4(CCc5ccccc54)CC3)c2c1. The van der Waals surface area contributed by atoms with Gasteiger partial charge in [0, 0.05) is 36.6 Å². The van der Waals surface area contributed by atoms with E-state index in [1.807, 2.05) is 29.3 Å². The number of fused-ring (bicyclic) bond motifs is 3. The van der Waals surface area contributed by atoms with Crippen LogP contribution in [0.1, 0.15) is 49.8 Å². The van der Waals surface area contributed by atoms with Gasteiger partial charge in [-0.2, -0.15) is 0 Å². The fourth-order valence-corrected chi connectivity index (χ4v) is 5.88. The van der Waals surface area contributed by atoms with Crippen LogP contribution in [0, 0.1) is 0 Å². The lowest BCUT2D eigenvalue weighted by Gasteiger charge is -2.41. The van der Waals surface area contributed by atoms with E-state index in [2.05, 4.69) is 34.6 Å². The number of amides is 2. The molecule has 3 aromatic rings. The predicted octanol–water partition coefficient (Wildman–Crippen LogP) is 3.45. The lowest BCUT2D eigenvalue weighted by atomic mass is 9.73. The lowest BCUT2D eigenvalue weighted by molar-refractivity contribution is -0.138. The molecule has 2 heterocycles. The van der Waals surface area contributed by atoms with Crippen molar-refractivity contribution in [1.82, 2.24) is 15.2 Å². The first-order valence-electron chi connectivity index (χ1n) is 12.8. The first kappa shape index (κ1) is 24.4. The van der Waals surface area contributed by atoms with Crippen LogP contribution in [0.3, 0.4) is 0 Å². The summed E-state index contributed by atoms with van der Waals surface area (Å²) in [5, 5.41) is 3.94. The molecule has 2 amide bonds. The number of piperidine rings is 1. The molecule has 7 heteroatoms. The topological polar surface area (TPSA) is 100 Å². The molecule has 1 spiro atoms. The molecule has 1 saturated heterocycles. The number of carbonyl (C=O) groups is 2. The zero-order valence-electron chi connectivity index (χ0n) is 21.4. The van der Waals surface area contributed by atoms with Crippen LogP contribution in [0.5, 0.6) is 5.75 Å². The Bertz CT molecular complexity index is 1280. The summed E-state index contributed by atoms with van der Waals surface area (Å²) < 4.78 is 5.40. The smallest absolute Gasteiger partial charge is 0.245 e. The Labute approximate surface area is 212 Å². The number of nitrogens with zero attached hydrogens (tertiary/aromatic N) is 1. The van der Waals surface area contributed by atoms with Crippen molar-refractivity contribution in [2.45, 2.75) is 62.9 Å². The van der Waals surface area contributed by atoms with Crippen LogP contribution in [0.4, 0.5) is 0 Å². The number of likely N-dealkylation sites (tertiary alicyclic amines) is 1. The van der Waals surface area contributed by atoms with Crippen LogP contribution in [-0.4, -0.2) is 53.5 Å². The first-order valence-corrected chi connectivity index (χ1v) is 12.8. The highest BCUT2D eigenvalue weighted by atomic mass is 16.5. The summed E-state index contributed by atoms with van der Waals surface area (Å²) in [4.78, 5) is 31.9. The number of hydrogen-bond donors (Lipinski definition) is 3. The number of aromatic nitrogens is 1. The largest absolute Gasteiger partial charge is 0.497 e. The van der Waals surface area contributed by atoms with Crippen LogP contribution >= 0.6 is 0 Å². The van der Waals surface area contributed by atoms with Crippen LogP contribution in [0.15, 0.2) is 48.7 Å². The highest BCUT2D eigenvalue weighted by Crippen LogP contribution is 2.46. The molecule has 36 heavy (non-hydrogen) atoms. The summed E-state index contributed by atoms with van der Waals surface area (Å²) in [5.41, 5.74) is 9.97. The second-order valence-electron chi connectivity index (χ2n) is 10.9. The van der Waals surface area contributed by atoms with E-state index in [1.165, 1.54) is 11.1 Å². The number of hydrogen-bond acceptors (Lipinski definition) is 4. The Hall–Kier alpha value is -3.32. The molecule has 1 aliphatic heterocycles. The highest BCUT2D eigenvalue weighted by molar-refractivity contribution is 5.92. The van der Waals surface area contributed by atoms with E-state index in [1.54, 1.807) is 21.0 Å². The number of nitrogens with two attached hydrogens (primary N) is 1. The molecule has 0 unspecified atom stereocenters. The van der Waals surface area contributed by atoms with Crippen LogP contribution < -0.4 is 15.8 Å². The number of ether oxygens (including phenoxy) is 1. The standard InChI is InChI=1S/C29H36N4O3/c1-28(2,30)27(35)32-25(16-20-18-31-24-9-8-21(36-3)17-22(20)24)26(34)33-14-12-29(13-15-33)11-10-19-6-4-5-7-23(19)29/h4-9,17-18,25,31H,10-16,30H2,1-3H3,(H,32,35)/t25-/m1/s1. The van der Waals surface area contributed by atoms with Crippen molar-refractivity contribution in [2.24, 2.45) is 5.73 Å². The Morgan fingerprint density at radius 2 is 1.92 bits per heavy atom. The third kappa shape index (κ3) is 4.48. The van der Waals surface area contributed by atoms with Crippen LogP contribution in [-0.2, 0) is 27.8 Å². The van der Waals surface area contributed by atoms with Gasteiger partial charge >= 0.3 is 0 Å². The Morgan fingerprint density at radius 1 is 1.17 bits per heavy atom. The fourth-order valence-electron chi connectivity index (χ4n) is 5.88. The number of carbonyl (C=O) groups excluding carboxylic acids is 2. The lowest BCUT2D eigenvalue weighted by Crippen LogP contribution is -2.58. The number of nitrogens with one attached hydrogen (secondary N) is 2. The maximum Gasteiger partial charge on any atom is 0.245 e. The second kappa shape index (κ2) is 9.28. The van der Waals surface area contributed by atoms with Crippen molar-refractivity contribution in [3.05, 3.63) is 65.4 Å². The van der Waals surface area contributed by atoms with Crippen molar-refractivity contribution < 1.29 is 14.3 Å². The zero-order valence-corrected chi connectivity index (χ0v) is 21.4. The minimum absolute atomic E-state index is 0.0500. The van der Waals surface area contributed by atoms with E-state index >= 15 is 0 Å². The van der Waals surface area contributed by atoms with Gasteiger partial charge in [0.25, 0.3) is 0 Å². The minimum Gasteiger partial charge on any atom is -0.497 e. The first-order chi connectivity index (χ1) is 17.2. The summed E-state index contributed by atoms with van der Waals surface area (Å²) in [6.45, 7) is 4.69. The van der Waals surface area contributed by atoms with Gasteiger partial charge in [-0.25, -0.2) is 0 Å². The summed E-state index contributed by atoms with van der Waals surface area (Å²) in [6.07, 6.45) is 6.43. The molecule has 0 radical (unpaired) electrons. The van der Waals surface area contributed by atoms with Gasteiger partial charge < -0.3 is 25.7 Å².